The maximum Gasteiger partial charge on any atom is 0.335 e. The Labute approximate surface area is 159 Å². The second-order valence-corrected chi connectivity index (χ2v) is 6.19. The number of aromatic nitrogens is 4. The molecule has 3 rings (SSSR count). The van der Waals surface area contributed by atoms with Crippen molar-refractivity contribution in [3.05, 3.63) is 50.9 Å². The molecule has 10 nitrogen and oxygen atoms in total. The minimum atomic E-state index is -1.05. The van der Waals surface area contributed by atoms with Gasteiger partial charge in [-0.1, -0.05) is 0 Å². The number of carboxylic acids is 1. The van der Waals surface area contributed by atoms with Gasteiger partial charge in [0.15, 0.2) is 22.7 Å². The Balaban J connectivity index is 1.72. The van der Waals surface area contributed by atoms with Crippen molar-refractivity contribution in [2.24, 2.45) is 14.1 Å². The number of nitrogens with zero attached hydrogens (tertiary/aromatic N) is 4. The minimum Gasteiger partial charge on any atom is -0.493 e. The third-order valence-corrected chi connectivity index (χ3v) is 4.43. The third-order valence-electron chi connectivity index (χ3n) is 4.43. The molecular weight excluding hydrogens is 368 g/mol. The highest BCUT2D eigenvalue weighted by atomic mass is 16.5. The van der Waals surface area contributed by atoms with Gasteiger partial charge in [0.25, 0.3) is 5.56 Å². The van der Waals surface area contributed by atoms with Gasteiger partial charge in [-0.05, 0) is 24.6 Å². The Kier molecular flexibility index (Phi) is 5.21. The number of hydrogen-bond donors (Lipinski definition) is 1. The summed E-state index contributed by atoms with van der Waals surface area (Å²) in [5.41, 5.74) is -0.0334. The van der Waals surface area contributed by atoms with Crippen molar-refractivity contribution in [3.63, 3.8) is 0 Å². The molecule has 0 aliphatic carbocycles. The summed E-state index contributed by atoms with van der Waals surface area (Å²) in [6.45, 7) is 0.772. The van der Waals surface area contributed by atoms with Gasteiger partial charge in [-0.15, -0.1) is 0 Å². The highest BCUT2D eigenvalue weighted by Gasteiger charge is 2.14. The predicted octanol–water partition coefficient (Wildman–Crippen LogP) is 0.610. The van der Waals surface area contributed by atoms with Gasteiger partial charge < -0.3 is 19.1 Å². The monoisotopic (exact) mass is 388 g/mol. The number of benzene rings is 1. The van der Waals surface area contributed by atoms with Gasteiger partial charge in [0.2, 0.25) is 0 Å². The summed E-state index contributed by atoms with van der Waals surface area (Å²) in [6, 6.07) is 4.37. The fourth-order valence-corrected chi connectivity index (χ4v) is 2.90. The average molecular weight is 388 g/mol. The molecule has 0 bridgehead atoms. The first kappa shape index (κ1) is 19.2. The quantitative estimate of drug-likeness (QED) is 0.589. The molecule has 0 amide bonds. The number of carbonyl (C=O) groups is 1. The lowest BCUT2D eigenvalue weighted by molar-refractivity contribution is 0.0696. The van der Waals surface area contributed by atoms with Gasteiger partial charge in [0.1, 0.15) is 0 Å². The molecule has 10 heteroatoms. The highest BCUT2D eigenvalue weighted by Crippen LogP contribution is 2.28. The van der Waals surface area contributed by atoms with E-state index in [-0.39, 0.29) is 5.56 Å². The SMILES string of the molecule is COc1cc(C(=O)O)ccc1OCCCn1cnc2c1c(=O)n(C)c(=O)n2C. The van der Waals surface area contributed by atoms with E-state index in [1.165, 1.54) is 37.2 Å². The van der Waals surface area contributed by atoms with Gasteiger partial charge in [0.05, 0.1) is 25.6 Å². The van der Waals surface area contributed by atoms with E-state index in [2.05, 4.69) is 4.98 Å². The highest BCUT2D eigenvalue weighted by molar-refractivity contribution is 5.88. The van der Waals surface area contributed by atoms with Crippen molar-refractivity contribution in [1.29, 1.82) is 0 Å². The zero-order chi connectivity index (χ0) is 20.4. The fourth-order valence-electron chi connectivity index (χ4n) is 2.90. The molecule has 0 aliphatic heterocycles. The molecule has 0 spiro atoms. The van der Waals surface area contributed by atoms with Crippen LogP contribution in [0.1, 0.15) is 16.8 Å². The molecule has 0 unspecified atom stereocenters. The Morgan fingerprint density at radius 3 is 2.61 bits per heavy atom. The molecular formula is C18H20N4O6. The molecule has 1 N–H and O–H groups in total. The van der Waals surface area contributed by atoms with Crippen molar-refractivity contribution >= 4 is 17.1 Å². The number of fused-ring (bicyclic) bond motifs is 1. The number of aryl methyl sites for hydroxylation is 2. The summed E-state index contributed by atoms with van der Waals surface area (Å²) >= 11 is 0. The zero-order valence-corrected chi connectivity index (χ0v) is 15.7. The summed E-state index contributed by atoms with van der Waals surface area (Å²) < 4.78 is 14.9. The van der Waals surface area contributed by atoms with Gasteiger partial charge in [-0.2, -0.15) is 0 Å². The van der Waals surface area contributed by atoms with Gasteiger partial charge >= 0.3 is 11.7 Å². The largest absolute Gasteiger partial charge is 0.493 e. The van der Waals surface area contributed by atoms with E-state index in [0.717, 1.165) is 4.57 Å². The first-order valence-electron chi connectivity index (χ1n) is 8.50. The molecule has 0 saturated carbocycles. The number of carboxylic acid groups (broad SMARTS) is 1. The number of methoxy groups -OCH3 is 1. The molecule has 2 aromatic heterocycles. The molecule has 3 aromatic rings. The minimum absolute atomic E-state index is 0.107. The zero-order valence-electron chi connectivity index (χ0n) is 15.7. The van der Waals surface area contributed by atoms with E-state index >= 15 is 0 Å². The predicted molar refractivity (Wildman–Crippen MR) is 100 cm³/mol. The number of imidazole rings is 1. The summed E-state index contributed by atoms with van der Waals surface area (Å²) in [5, 5.41) is 9.03. The van der Waals surface area contributed by atoms with Gasteiger partial charge in [-0.3, -0.25) is 13.9 Å². The number of rotatable bonds is 7. The average Bonchev–Trinajstić information content (AvgIpc) is 3.12. The second kappa shape index (κ2) is 7.59. The van der Waals surface area contributed by atoms with Crippen molar-refractivity contribution in [2.45, 2.75) is 13.0 Å². The second-order valence-electron chi connectivity index (χ2n) is 6.19. The van der Waals surface area contributed by atoms with E-state index in [1.54, 1.807) is 17.7 Å². The van der Waals surface area contributed by atoms with E-state index in [4.69, 9.17) is 14.6 Å². The Hall–Kier alpha value is -3.56. The molecule has 148 valence electrons. The lowest BCUT2D eigenvalue weighted by atomic mass is 10.2. The van der Waals surface area contributed by atoms with Crippen LogP contribution in [-0.4, -0.2) is 43.5 Å². The lowest BCUT2D eigenvalue weighted by Crippen LogP contribution is -2.37. The smallest absolute Gasteiger partial charge is 0.335 e. The van der Waals surface area contributed by atoms with Crippen molar-refractivity contribution in [2.75, 3.05) is 13.7 Å². The van der Waals surface area contributed by atoms with Crippen LogP contribution in [0.25, 0.3) is 11.2 Å². The Morgan fingerprint density at radius 2 is 1.93 bits per heavy atom. The lowest BCUT2D eigenvalue weighted by Gasteiger charge is -2.11. The first-order chi connectivity index (χ1) is 13.3. The summed E-state index contributed by atoms with van der Waals surface area (Å²) in [7, 11) is 4.43. The topological polar surface area (TPSA) is 118 Å². The van der Waals surface area contributed by atoms with E-state index in [9.17, 15) is 14.4 Å². The number of hydrogen-bond acceptors (Lipinski definition) is 6. The Morgan fingerprint density at radius 1 is 1.18 bits per heavy atom. The molecule has 2 heterocycles. The van der Waals surface area contributed by atoms with E-state index < -0.39 is 17.2 Å². The van der Waals surface area contributed by atoms with Crippen LogP contribution in [0.15, 0.2) is 34.1 Å². The van der Waals surface area contributed by atoms with Crippen molar-refractivity contribution in [3.8, 4) is 11.5 Å². The van der Waals surface area contributed by atoms with Crippen molar-refractivity contribution < 1.29 is 19.4 Å². The molecule has 0 aliphatic rings. The van der Waals surface area contributed by atoms with Crippen LogP contribution in [0.4, 0.5) is 0 Å². The van der Waals surface area contributed by atoms with Crippen LogP contribution in [0.2, 0.25) is 0 Å². The van der Waals surface area contributed by atoms with E-state index in [1.807, 2.05) is 0 Å². The van der Waals surface area contributed by atoms with E-state index in [0.29, 0.717) is 42.2 Å². The van der Waals surface area contributed by atoms with Gasteiger partial charge in [0, 0.05) is 20.6 Å². The number of ether oxygens (including phenoxy) is 2. The van der Waals surface area contributed by atoms with Gasteiger partial charge in [-0.25, -0.2) is 14.6 Å². The van der Waals surface area contributed by atoms with Crippen LogP contribution in [0, 0.1) is 0 Å². The standard InChI is InChI=1S/C18H20N4O6/c1-20-15-14(16(23)21(2)18(20)26)22(10-19-15)7-4-8-28-12-6-5-11(17(24)25)9-13(12)27-3/h5-6,9-10H,4,7-8H2,1-3H3,(H,24,25). The molecule has 0 atom stereocenters. The number of aromatic carboxylic acids is 1. The maximum atomic E-state index is 12.4. The molecule has 0 fully saturated rings. The summed E-state index contributed by atoms with van der Waals surface area (Å²) in [6.07, 6.45) is 2.08. The first-order valence-corrected chi connectivity index (χ1v) is 8.50. The third kappa shape index (κ3) is 3.36. The van der Waals surface area contributed by atoms with Crippen LogP contribution < -0.4 is 20.7 Å². The van der Waals surface area contributed by atoms with Crippen LogP contribution >= 0.6 is 0 Å². The molecule has 0 radical (unpaired) electrons. The molecule has 1 aromatic carbocycles. The van der Waals surface area contributed by atoms with Crippen LogP contribution in [0.3, 0.4) is 0 Å². The summed E-state index contributed by atoms with van der Waals surface area (Å²) in [4.78, 5) is 39.6. The van der Waals surface area contributed by atoms with Crippen LogP contribution in [-0.2, 0) is 20.6 Å². The van der Waals surface area contributed by atoms with Crippen LogP contribution in [0.5, 0.6) is 11.5 Å². The maximum absolute atomic E-state index is 12.4. The Bertz CT molecular complexity index is 1160. The molecule has 0 saturated heterocycles. The normalized spacial score (nSPS) is 11.0. The summed E-state index contributed by atoms with van der Waals surface area (Å²) in [5.74, 6) is -0.286. The fraction of sp³-hybridized carbons (Fsp3) is 0.333. The molecule has 28 heavy (non-hydrogen) atoms. The van der Waals surface area contributed by atoms with Crippen molar-refractivity contribution in [1.82, 2.24) is 18.7 Å².